The predicted octanol–water partition coefficient (Wildman–Crippen LogP) is 1.92. The van der Waals surface area contributed by atoms with Crippen LogP contribution in [0.2, 0.25) is 0 Å². The van der Waals surface area contributed by atoms with Crippen LogP contribution in [0.1, 0.15) is 34.5 Å². The number of hydrogen-bond acceptors (Lipinski definition) is 6. The first-order valence-electron chi connectivity index (χ1n) is 9.60. The summed E-state index contributed by atoms with van der Waals surface area (Å²) in [7, 11) is 0. The Labute approximate surface area is 170 Å². The fourth-order valence-electron chi connectivity index (χ4n) is 4.04. The van der Waals surface area contributed by atoms with Gasteiger partial charge in [-0.2, -0.15) is 0 Å². The highest BCUT2D eigenvalue weighted by molar-refractivity contribution is 6.05. The summed E-state index contributed by atoms with van der Waals surface area (Å²) in [5.41, 5.74) is 2.83. The third-order valence-electron chi connectivity index (χ3n) is 5.54. The normalized spacial score (nSPS) is 18.6. The standard InChI is InChI=1S/C22H17N3O5/c1-11-8-18(26)15-4-5-16(23-21(15)30-11)12-2-3-14-13(9-12)10-25(22(14)29)17-6-7-19(27)24-20(17)28/h2-5,8-9,17H,6-7,10H2,1H3,(H,24,27,28). The van der Waals surface area contributed by atoms with Crippen molar-refractivity contribution in [2.75, 3.05) is 0 Å². The van der Waals surface area contributed by atoms with Crippen LogP contribution in [-0.2, 0) is 16.1 Å². The molecule has 1 saturated heterocycles. The average molecular weight is 403 g/mol. The molecule has 3 aromatic rings. The van der Waals surface area contributed by atoms with E-state index >= 15 is 0 Å². The van der Waals surface area contributed by atoms with Crippen LogP contribution < -0.4 is 10.7 Å². The van der Waals surface area contributed by atoms with E-state index < -0.39 is 11.9 Å². The summed E-state index contributed by atoms with van der Waals surface area (Å²) in [6.45, 7) is 1.98. The second-order valence-corrected chi connectivity index (χ2v) is 7.54. The van der Waals surface area contributed by atoms with Gasteiger partial charge in [0.25, 0.3) is 5.91 Å². The molecule has 0 bridgehead atoms. The maximum absolute atomic E-state index is 12.8. The van der Waals surface area contributed by atoms with Gasteiger partial charge in [-0.05, 0) is 43.2 Å². The van der Waals surface area contributed by atoms with Crippen molar-refractivity contribution in [1.82, 2.24) is 15.2 Å². The molecular weight excluding hydrogens is 386 g/mol. The maximum atomic E-state index is 12.8. The molecular formula is C22H17N3O5. The van der Waals surface area contributed by atoms with Crippen molar-refractivity contribution >= 4 is 28.8 Å². The lowest BCUT2D eigenvalue weighted by Crippen LogP contribution is -2.52. The van der Waals surface area contributed by atoms with Crippen LogP contribution in [0.3, 0.4) is 0 Å². The molecule has 8 heteroatoms. The SMILES string of the molecule is Cc1cc(=O)c2ccc(-c3ccc4c(c3)CN(C3CCC(=O)NC3=O)C4=O)nc2o1. The van der Waals surface area contributed by atoms with Crippen LogP contribution in [0.25, 0.3) is 22.4 Å². The summed E-state index contributed by atoms with van der Waals surface area (Å²) in [6, 6.07) is 9.56. The van der Waals surface area contributed by atoms with Crippen molar-refractivity contribution < 1.29 is 18.8 Å². The minimum Gasteiger partial charge on any atom is -0.443 e. The number of aryl methyl sites for hydroxylation is 1. The van der Waals surface area contributed by atoms with E-state index in [0.29, 0.717) is 28.8 Å². The van der Waals surface area contributed by atoms with Crippen LogP contribution in [0.4, 0.5) is 0 Å². The molecule has 0 aliphatic carbocycles. The summed E-state index contributed by atoms with van der Waals surface area (Å²) in [4.78, 5) is 54.5. The summed E-state index contributed by atoms with van der Waals surface area (Å²) in [6.07, 6.45) is 0.537. The lowest BCUT2D eigenvalue weighted by molar-refractivity contribution is -0.136. The summed E-state index contributed by atoms with van der Waals surface area (Å²) >= 11 is 0. The highest BCUT2D eigenvalue weighted by Crippen LogP contribution is 2.31. The fraction of sp³-hybridized carbons (Fsp3) is 0.227. The zero-order chi connectivity index (χ0) is 21.0. The molecule has 2 aliphatic heterocycles. The number of nitrogens with one attached hydrogen (secondary N) is 1. The first kappa shape index (κ1) is 18.2. The molecule has 1 aromatic carbocycles. The number of piperidine rings is 1. The Bertz CT molecular complexity index is 1310. The molecule has 150 valence electrons. The molecule has 0 saturated carbocycles. The Morgan fingerprint density at radius 2 is 1.93 bits per heavy atom. The van der Waals surface area contributed by atoms with Gasteiger partial charge in [-0.15, -0.1) is 0 Å². The zero-order valence-corrected chi connectivity index (χ0v) is 16.1. The summed E-state index contributed by atoms with van der Waals surface area (Å²) < 4.78 is 5.59. The molecule has 2 aromatic heterocycles. The Balaban J connectivity index is 1.49. The monoisotopic (exact) mass is 403 g/mol. The Hall–Kier alpha value is -3.81. The highest BCUT2D eigenvalue weighted by atomic mass is 16.3. The van der Waals surface area contributed by atoms with Gasteiger partial charge in [0.15, 0.2) is 5.43 Å². The van der Waals surface area contributed by atoms with Gasteiger partial charge in [0.1, 0.15) is 11.8 Å². The van der Waals surface area contributed by atoms with Crippen LogP contribution >= 0.6 is 0 Å². The van der Waals surface area contributed by atoms with Crippen molar-refractivity contribution in [2.24, 2.45) is 0 Å². The van der Waals surface area contributed by atoms with Gasteiger partial charge in [-0.25, -0.2) is 4.98 Å². The molecule has 3 amide bonds. The van der Waals surface area contributed by atoms with Crippen molar-refractivity contribution in [1.29, 1.82) is 0 Å². The first-order chi connectivity index (χ1) is 14.4. The van der Waals surface area contributed by atoms with Crippen LogP contribution in [-0.4, -0.2) is 33.6 Å². The third kappa shape index (κ3) is 2.88. The topological polar surface area (TPSA) is 110 Å². The first-order valence-corrected chi connectivity index (χ1v) is 9.60. The molecule has 0 radical (unpaired) electrons. The lowest BCUT2D eigenvalue weighted by Gasteiger charge is -2.29. The fourth-order valence-corrected chi connectivity index (χ4v) is 4.04. The second kappa shape index (κ2) is 6.62. The van der Waals surface area contributed by atoms with Crippen LogP contribution in [0.5, 0.6) is 0 Å². The molecule has 8 nitrogen and oxygen atoms in total. The van der Waals surface area contributed by atoms with E-state index in [1.54, 1.807) is 31.2 Å². The molecule has 5 rings (SSSR count). The number of carbonyl (C=O) groups excluding carboxylic acids is 3. The van der Waals surface area contributed by atoms with E-state index in [4.69, 9.17) is 4.42 Å². The van der Waals surface area contributed by atoms with Gasteiger partial charge < -0.3 is 9.32 Å². The Kier molecular flexibility index (Phi) is 4.02. The van der Waals surface area contributed by atoms with Crippen molar-refractivity contribution in [2.45, 2.75) is 32.4 Å². The van der Waals surface area contributed by atoms with Crippen LogP contribution in [0, 0.1) is 6.92 Å². The molecule has 1 fully saturated rings. The minimum absolute atomic E-state index is 0.146. The van der Waals surface area contributed by atoms with E-state index in [1.165, 1.54) is 11.0 Å². The quantitative estimate of drug-likeness (QED) is 0.655. The van der Waals surface area contributed by atoms with E-state index in [1.807, 2.05) is 6.07 Å². The van der Waals surface area contributed by atoms with E-state index in [9.17, 15) is 19.2 Å². The highest BCUT2D eigenvalue weighted by Gasteiger charge is 2.39. The lowest BCUT2D eigenvalue weighted by atomic mass is 10.0. The molecule has 4 heterocycles. The van der Waals surface area contributed by atoms with Crippen LogP contribution in [0.15, 0.2) is 45.6 Å². The van der Waals surface area contributed by atoms with E-state index in [-0.39, 0.29) is 35.9 Å². The number of hydrogen-bond donors (Lipinski definition) is 1. The number of rotatable bonds is 2. The predicted molar refractivity (Wildman–Crippen MR) is 106 cm³/mol. The van der Waals surface area contributed by atoms with Gasteiger partial charge in [0.05, 0.1) is 11.1 Å². The number of amides is 3. The molecule has 30 heavy (non-hydrogen) atoms. The van der Waals surface area contributed by atoms with Gasteiger partial charge >= 0.3 is 0 Å². The molecule has 1 N–H and O–H groups in total. The second-order valence-electron chi connectivity index (χ2n) is 7.54. The van der Waals surface area contributed by atoms with Gasteiger partial charge in [0.2, 0.25) is 17.5 Å². The minimum atomic E-state index is -0.651. The van der Waals surface area contributed by atoms with E-state index in [2.05, 4.69) is 10.3 Å². The largest absolute Gasteiger partial charge is 0.443 e. The number of nitrogens with zero attached hydrogens (tertiary/aromatic N) is 2. The average Bonchev–Trinajstić information content (AvgIpc) is 3.03. The zero-order valence-electron chi connectivity index (χ0n) is 16.1. The molecule has 1 unspecified atom stereocenters. The van der Waals surface area contributed by atoms with Crippen molar-refractivity contribution in [3.8, 4) is 11.3 Å². The molecule has 1 atom stereocenters. The van der Waals surface area contributed by atoms with E-state index in [0.717, 1.165) is 11.1 Å². The Morgan fingerprint density at radius 3 is 2.73 bits per heavy atom. The summed E-state index contributed by atoms with van der Waals surface area (Å²) in [5.74, 6) is -0.489. The molecule has 0 spiro atoms. The molecule has 2 aliphatic rings. The van der Waals surface area contributed by atoms with Crippen molar-refractivity contribution in [3.63, 3.8) is 0 Å². The third-order valence-corrected chi connectivity index (χ3v) is 5.54. The smallest absolute Gasteiger partial charge is 0.255 e. The van der Waals surface area contributed by atoms with Crippen molar-refractivity contribution in [3.05, 3.63) is 63.5 Å². The van der Waals surface area contributed by atoms with Gasteiger partial charge in [-0.3, -0.25) is 24.5 Å². The summed E-state index contributed by atoms with van der Waals surface area (Å²) in [5, 5.41) is 2.71. The van der Waals surface area contributed by atoms with Gasteiger partial charge in [0, 0.05) is 30.2 Å². The number of aromatic nitrogens is 1. The number of benzene rings is 1. The number of fused-ring (bicyclic) bond motifs is 2. The number of pyridine rings is 1. The maximum Gasteiger partial charge on any atom is 0.255 e. The number of carbonyl (C=O) groups is 3. The number of imide groups is 1. The Morgan fingerprint density at radius 1 is 1.10 bits per heavy atom. The van der Waals surface area contributed by atoms with Gasteiger partial charge in [-0.1, -0.05) is 6.07 Å².